The predicted molar refractivity (Wildman–Crippen MR) is 134 cm³/mol. The highest BCUT2D eigenvalue weighted by atomic mass is 32.1. The number of carbonyl (C=O) groups excluding carboxylic acids is 1. The Balaban J connectivity index is 1.76. The van der Waals surface area contributed by atoms with Crippen molar-refractivity contribution in [2.24, 2.45) is 0 Å². The van der Waals surface area contributed by atoms with Gasteiger partial charge in [-0.2, -0.15) is 0 Å². The Bertz CT molecular complexity index is 1220. The number of para-hydroxylation sites is 1. The minimum atomic E-state index is 0.000398. The van der Waals surface area contributed by atoms with Gasteiger partial charge in [-0.15, -0.1) is 11.3 Å². The number of ether oxygens (including phenoxy) is 1. The van der Waals surface area contributed by atoms with Crippen molar-refractivity contribution < 1.29 is 9.53 Å². The number of anilines is 1. The Morgan fingerprint density at radius 2 is 1.84 bits per heavy atom. The van der Waals surface area contributed by atoms with E-state index in [1.165, 1.54) is 16.8 Å². The van der Waals surface area contributed by atoms with Gasteiger partial charge in [0, 0.05) is 29.9 Å². The van der Waals surface area contributed by atoms with E-state index < -0.39 is 0 Å². The zero-order valence-corrected chi connectivity index (χ0v) is 20.3. The lowest BCUT2D eigenvalue weighted by Gasteiger charge is -2.48. The molecule has 166 valence electrons. The van der Waals surface area contributed by atoms with Crippen LogP contribution in [0.1, 0.15) is 62.2 Å². The topological polar surface area (TPSA) is 42.4 Å². The minimum absolute atomic E-state index is 0.000398. The molecule has 1 aromatic heterocycles. The molecular formula is C27H30N2O2S. The number of allylic oxidation sites excluding steroid dienone is 1. The number of nitrogens with zero attached hydrogens (tertiary/aromatic N) is 2. The summed E-state index contributed by atoms with van der Waals surface area (Å²) in [6.07, 6.45) is 5.10. The first-order valence-electron chi connectivity index (χ1n) is 11.3. The van der Waals surface area contributed by atoms with Crippen LogP contribution in [0.4, 0.5) is 5.69 Å². The van der Waals surface area contributed by atoms with Crippen molar-refractivity contribution in [3.8, 4) is 5.75 Å². The summed E-state index contributed by atoms with van der Waals surface area (Å²) in [6, 6.07) is 10.3. The molecule has 0 unspecified atom stereocenters. The van der Waals surface area contributed by atoms with Crippen molar-refractivity contribution in [2.45, 2.75) is 51.4 Å². The molecular weight excluding hydrogens is 416 g/mol. The Kier molecular flexibility index (Phi) is 4.93. The first-order chi connectivity index (χ1) is 15.2. The van der Waals surface area contributed by atoms with Gasteiger partial charge in [0.25, 0.3) is 0 Å². The lowest BCUT2D eigenvalue weighted by molar-refractivity contribution is -0.103. The van der Waals surface area contributed by atoms with E-state index in [0.717, 1.165) is 58.8 Å². The molecule has 4 nitrogen and oxygen atoms in total. The van der Waals surface area contributed by atoms with Crippen molar-refractivity contribution in [3.05, 3.63) is 52.0 Å². The summed E-state index contributed by atoms with van der Waals surface area (Å²) in [5, 5.41) is 0.745. The van der Waals surface area contributed by atoms with Crippen LogP contribution < -0.4 is 9.64 Å². The Morgan fingerprint density at radius 3 is 2.53 bits per heavy atom. The number of hydrogen-bond donors (Lipinski definition) is 0. The van der Waals surface area contributed by atoms with Crippen molar-refractivity contribution in [1.29, 1.82) is 0 Å². The third-order valence-electron chi connectivity index (χ3n) is 7.20. The number of fused-ring (bicyclic) bond motifs is 1. The molecule has 0 saturated carbocycles. The molecule has 0 radical (unpaired) electrons. The van der Waals surface area contributed by atoms with Crippen LogP contribution in [0, 0.1) is 0 Å². The quantitative estimate of drug-likeness (QED) is 0.353. The normalized spacial score (nSPS) is 19.0. The molecule has 0 N–H and O–H groups in total. The van der Waals surface area contributed by atoms with Crippen molar-refractivity contribution in [2.75, 3.05) is 25.1 Å². The number of benzene rings is 2. The molecule has 0 spiro atoms. The van der Waals surface area contributed by atoms with E-state index in [9.17, 15) is 4.79 Å². The molecule has 5 heteroatoms. The lowest BCUT2D eigenvalue weighted by atomic mass is 9.68. The van der Waals surface area contributed by atoms with Crippen LogP contribution in [0.2, 0.25) is 0 Å². The second kappa shape index (κ2) is 7.45. The molecule has 2 aliphatic heterocycles. The monoisotopic (exact) mass is 446 g/mol. The van der Waals surface area contributed by atoms with Gasteiger partial charge in [0.1, 0.15) is 10.8 Å². The molecule has 0 amide bonds. The third kappa shape index (κ3) is 3.25. The second-order valence-corrected chi connectivity index (χ2v) is 11.3. The highest BCUT2D eigenvalue weighted by Gasteiger charge is 2.42. The lowest BCUT2D eigenvalue weighted by Crippen LogP contribution is -2.45. The minimum Gasteiger partial charge on any atom is -0.496 e. The summed E-state index contributed by atoms with van der Waals surface area (Å²) in [5.41, 5.74) is 6.53. The maximum atomic E-state index is 12.2. The first kappa shape index (κ1) is 21.2. The highest BCUT2D eigenvalue weighted by Crippen LogP contribution is 2.53. The fraction of sp³-hybridized carbons (Fsp3) is 0.407. The number of carbonyl (C=O) groups is 1. The second-order valence-electron chi connectivity index (χ2n) is 10.2. The zero-order valence-electron chi connectivity index (χ0n) is 19.5. The molecule has 0 saturated heterocycles. The van der Waals surface area contributed by atoms with Gasteiger partial charge in [-0.25, -0.2) is 4.98 Å². The van der Waals surface area contributed by atoms with E-state index in [4.69, 9.17) is 9.72 Å². The van der Waals surface area contributed by atoms with Gasteiger partial charge in [-0.1, -0.05) is 39.8 Å². The standard InChI is InChI=1S/C27H30N2O2S/c1-26(2)10-12-29-13-11-27(3,4)22-23(29)19(26)15-17(24(22)31-5)14-18(16-30)25-28-20-8-6-7-9-21(20)32-25/h6-9,14-16H,10-13H2,1-5H3/b18-14+. The fourth-order valence-electron chi connectivity index (χ4n) is 5.21. The average molecular weight is 447 g/mol. The van der Waals surface area contributed by atoms with E-state index in [-0.39, 0.29) is 10.8 Å². The van der Waals surface area contributed by atoms with E-state index in [1.807, 2.05) is 30.3 Å². The number of methoxy groups -OCH3 is 1. The number of aromatic nitrogens is 1. The Labute approximate surface area is 193 Å². The number of thiazole rings is 1. The van der Waals surface area contributed by atoms with Crippen LogP contribution in [-0.4, -0.2) is 31.5 Å². The number of aldehydes is 1. The van der Waals surface area contributed by atoms with E-state index in [1.54, 1.807) is 18.4 Å². The van der Waals surface area contributed by atoms with Gasteiger partial charge < -0.3 is 9.64 Å². The van der Waals surface area contributed by atoms with Gasteiger partial charge >= 0.3 is 0 Å². The summed E-state index contributed by atoms with van der Waals surface area (Å²) >= 11 is 1.55. The third-order valence-corrected chi connectivity index (χ3v) is 8.28. The maximum Gasteiger partial charge on any atom is 0.153 e. The average Bonchev–Trinajstić information content (AvgIpc) is 3.19. The molecule has 0 aliphatic carbocycles. The number of hydrogen-bond acceptors (Lipinski definition) is 5. The molecule has 0 atom stereocenters. The summed E-state index contributed by atoms with van der Waals surface area (Å²) in [5.74, 6) is 0.886. The molecule has 2 aliphatic rings. The molecule has 0 bridgehead atoms. The molecule has 32 heavy (non-hydrogen) atoms. The Morgan fingerprint density at radius 1 is 1.12 bits per heavy atom. The smallest absolute Gasteiger partial charge is 0.153 e. The zero-order chi connectivity index (χ0) is 22.7. The van der Waals surface area contributed by atoms with Crippen LogP contribution in [0.3, 0.4) is 0 Å². The van der Waals surface area contributed by atoms with Crippen molar-refractivity contribution >= 4 is 45.2 Å². The van der Waals surface area contributed by atoms with E-state index in [0.29, 0.717) is 5.57 Å². The highest BCUT2D eigenvalue weighted by molar-refractivity contribution is 7.19. The van der Waals surface area contributed by atoms with Crippen LogP contribution in [-0.2, 0) is 15.6 Å². The first-order valence-corrected chi connectivity index (χ1v) is 12.1. The van der Waals surface area contributed by atoms with Gasteiger partial charge in [0.15, 0.2) is 6.29 Å². The van der Waals surface area contributed by atoms with Crippen molar-refractivity contribution in [1.82, 2.24) is 4.98 Å². The van der Waals surface area contributed by atoms with Gasteiger partial charge in [0.05, 0.1) is 22.9 Å². The number of rotatable bonds is 4. The van der Waals surface area contributed by atoms with Crippen LogP contribution in [0.25, 0.3) is 21.9 Å². The summed E-state index contributed by atoms with van der Waals surface area (Å²) < 4.78 is 7.14. The van der Waals surface area contributed by atoms with E-state index in [2.05, 4.69) is 38.7 Å². The van der Waals surface area contributed by atoms with Crippen molar-refractivity contribution in [3.63, 3.8) is 0 Å². The SMILES string of the molecule is COc1c(/C=C(\C=O)c2nc3ccccc3s2)cc2c3c1C(C)(C)CCN3CCC2(C)C. The molecule has 3 aromatic rings. The predicted octanol–water partition coefficient (Wildman–Crippen LogP) is 6.21. The Hall–Kier alpha value is -2.66. The summed E-state index contributed by atoms with van der Waals surface area (Å²) in [4.78, 5) is 19.4. The van der Waals surface area contributed by atoms with Gasteiger partial charge in [-0.3, -0.25) is 4.79 Å². The molecule has 3 heterocycles. The van der Waals surface area contributed by atoms with Crippen LogP contribution in [0.5, 0.6) is 5.75 Å². The fourth-order valence-corrected chi connectivity index (χ4v) is 6.15. The van der Waals surface area contributed by atoms with Gasteiger partial charge in [0.2, 0.25) is 0 Å². The van der Waals surface area contributed by atoms with Crippen LogP contribution >= 0.6 is 11.3 Å². The maximum absolute atomic E-state index is 12.2. The summed E-state index contributed by atoms with van der Waals surface area (Å²) in [7, 11) is 1.75. The molecule has 5 rings (SSSR count). The molecule has 2 aromatic carbocycles. The summed E-state index contributed by atoms with van der Waals surface area (Å²) in [6.45, 7) is 11.4. The van der Waals surface area contributed by atoms with Gasteiger partial charge in [-0.05, 0) is 53.5 Å². The molecule has 0 fully saturated rings. The largest absolute Gasteiger partial charge is 0.496 e. The van der Waals surface area contributed by atoms with E-state index >= 15 is 0 Å². The van der Waals surface area contributed by atoms with Crippen LogP contribution in [0.15, 0.2) is 30.3 Å².